The lowest BCUT2D eigenvalue weighted by molar-refractivity contribution is -0.117. The van der Waals surface area contributed by atoms with Gasteiger partial charge in [0.2, 0.25) is 5.91 Å². The van der Waals surface area contributed by atoms with Crippen LogP contribution in [-0.4, -0.2) is 28.6 Å². The van der Waals surface area contributed by atoms with Crippen LogP contribution in [0.15, 0.2) is 60.7 Å². The molecule has 1 atom stereocenters. The second-order valence-electron chi connectivity index (χ2n) is 9.40. The number of benzene rings is 3. The van der Waals surface area contributed by atoms with Gasteiger partial charge < -0.3 is 14.2 Å². The van der Waals surface area contributed by atoms with E-state index in [0.717, 1.165) is 51.8 Å². The third-order valence-electron chi connectivity index (χ3n) is 6.90. The number of amides is 1. The maximum atomic E-state index is 13.0. The smallest absolute Gasteiger partial charge is 0.227 e. The topological polar surface area (TPSA) is 47.4 Å². The first-order valence-corrected chi connectivity index (χ1v) is 12.5. The van der Waals surface area contributed by atoms with Crippen molar-refractivity contribution in [1.82, 2.24) is 9.55 Å². The van der Waals surface area contributed by atoms with E-state index in [1.165, 1.54) is 11.1 Å². The van der Waals surface area contributed by atoms with Crippen LogP contribution in [0.5, 0.6) is 5.75 Å². The molecule has 0 spiro atoms. The van der Waals surface area contributed by atoms with Gasteiger partial charge in [-0.05, 0) is 86.3 Å². The molecule has 4 aromatic rings. The average molecular weight is 488 g/mol. The van der Waals surface area contributed by atoms with Gasteiger partial charge in [-0.3, -0.25) is 4.79 Å². The molecule has 5 rings (SSSR count). The molecule has 3 aromatic carbocycles. The fraction of sp³-hybridized carbons (Fsp3) is 0.310. The number of carbonyl (C=O) groups excluding carboxylic acids is 1. The van der Waals surface area contributed by atoms with Crippen molar-refractivity contribution in [2.75, 3.05) is 18.1 Å². The van der Waals surface area contributed by atoms with Crippen molar-refractivity contribution in [3.05, 3.63) is 88.2 Å². The number of rotatable bonds is 7. The van der Waals surface area contributed by atoms with E-state index in [2.05, 4.69) is 36.6 Å². The minimum absolute atomic E-state index is 0.0522. The highest BCUT2D eigenvalue weighted by Gasteiger charge is 2.34. The average Bonchev–Trinajstić information content (AvgIpc) is 3.41. The number of nitrogens with zero attached hydrogens (tertiary/aromatic N) is 3. The van der Waals surface area contributed by atoms with E-state index in [1.807, 2.05) is 54.3 Å². The quantitative estimate of drug-likeness (QED) is 0.276. The Morgan fingerprint density at radius 1 is 1.00 bits per heavy atom. The minimum atomic E-state index is 0.0522. The summed E-state index contributed by atoms with van der Waals surface area (Å²) in [6.45, 7) is 8.16. The summed E-state index contributed by atoms with van der Waals surface area (Å²) in [5, 5.41) is 0.743. The molecule has 5 nitrogen and oxygen atoms in total. The molecule has 35 heavy (non-hydrogen) atoms. The van der Waals surface area contributed by atoms with Crippen LogP contribution in [-0.2, 0) is 11.3 Å². The van der Waals surface area contributed by atoms with Gasteiger partial charge in [-0.15, -0.1) is 0 Å². The molecule has 1 amide bonds. The van der Waals surface area contributed by atoms with Crippen molar-refractivity contribution in [3.8, 4) is 5.75 Å². The maximum absolute atomic E-state index is 13.0. The lowest BCUT2D eigenvalue weighted by atomic mass is 10.1. The Morgan fingerprint density at radius 3 is 2.63 bits per heavy atom. The van der Waals surface area contributed by atoms with Gasteiger partial charge in [0, 0.05) is 36.1 Å². The van der Waals surface area contributed by atoms with E-state index in [4.69, 9.17) is 21.3 Å². The molecule has 0 aliphatic carbocycles. The van der Waals surface area contributed by atoms with Crippen molar-refractivity contribution >= 4 is 34.2 Å². The second kappa shape index (κ2) is 9.74. The third-order valence-corrected chi connectivity index (χ3v) is 7.32. The number of aromatic nitrogens is 2. The molecule has 1 aliphatic rings. The summed E-state index contributed by atoms with van der Waals surface area (Å²) in [4.78, 5) is 19.9. The Balaban J connectivity index is 1.34. The summed E-state index contributed by atoms with van der Waals surface area (Å²) in [5.74, 6) is 2.01. The number of halogens is 1. The molecule has 0 bridgehead atoms. The summed E-state index contributed by atoms with van der Waals surface area (Å²) in [5.41, 5.74) is 6.47. The standard InChI is InChI=1S/C29H30ClN3O2/c1-19-9-10-23(15-20(19)2)33-18-22(17-28(33)34)29-31-26-7-4-5-8-27(26)32(29)13-6-14-35-24-11-12-25(30)21(3)16-24/h4-5,7-12,15-16,22H,6,13-14,17-18H2,1-3H3. The summed E-state index contributed by atoms with van der Waals surface area (Å²) in [6, 6.07) is 20.2. The molecule has 180 valence electrons. The summed E-state index contributed by atoms with van der Waals surface area (Å²) < 4.78 is 8.25. The first-order valence-electron chi connectivity index (χ1n) is 12.1. The number of fused-ring (bicyclic) bond motifs is 1. The van der Waals surface area contributed by atoms with Gasteiger partial charge in [-0.1, -0.05) is 29.8 Å². The SMILES string of the molecule is Cc1ccc(N2CC(c3nc4ccccc4n3CCCOc3ccc(Cl)c(C)c3)CC2=O)cc1C. The normalized spacial score (nSPS) is 15.8. The van der Waals surface area contributed by atoms with E-state index in [0.29, 0.717) is 19.6 Å². The van der Waals surface area contributed by atoms with Gasteiger partial charge in [0.1, 0.15) is 11.6 Å². The van der Waals surface area contributed by atoms with Crippen molar-refractivity contribution in [3.63, 3.8) is 0 Å². The predicted molar refractivity (Wildman–Crippen MR) is 142 cm³/mol. The molecule has 1 saturated heterocycles. The highest BCUT2D eigenvalue weighted by Crippen LogP contribution is 2.34. The minimum Gasteiger partial charge on any atom is -0.494 e. The molecular formula is C29H30ClN3O2. The molecule has 0 radical (unpaired) electrons. The molecule has 1 aliphatic heterocycles. The molecule has 1 aromatic heterocycles. The van der Waals surface area contributed by atoms with Gasteiger partial charge in [0.15, 0.2) is 0 Å². The largest absolute Gasteiger partial charge is 0.494 e. The van der Waals surface area contributed by atoms with Crippen LogP contribution in [0.3, 0.4) is 0 Å². The Hall–Kier alpha value is -3.31. The van der Waals surface area contributed by atoms with E-state index in [1.54, 1.807) is 0 Å². The lowest BCUT2D eigenvalue weighted by Gasteiger charge is -2.18. The van der Waals surface area contributed by atoms with Crippen LogP contribution in [0.4, 0.5) is 5.69 Å². The van der Waals surface area contributed by atoms with Crippen molar-refractivity contribution in [2.45, 2.75) is 46.1 Å². The van der Waals surface area contributed by atoms with E-state index in [9.17, 15) is 4.79 Å². The first-order chi connectivity index (χ1) is 16.9. The number of ether oxygens (including phenoxy) is 1. The van der Waals surface area contributed by atoms with Crippen LogP contribution in [0, 0.1) is 20.8 Å². The Bertz CT molecular complexity index is 1390. The molecule has 6 heteroatoms. The van der Waals surface area contributed by atoms with Crippen LogP contribution in [0.25, 0.3) is 11.0 Å². The van der Waals surface area contributed by atoms with Crippen LogP contribution in [0.1, 0.15) is 41.3 Å². The Labute approximate surface area is 211 Å². The van der Waals surface area contributed by atoms with Crippen molar-refractivity contribution in [1.29, 1.82) is 0 Å². The van der Waals surface area contributed by atoms with Crippen LogP contribution >= 0.6 is 11.6 Å². The Kier molecular flexibility index (Phi) is 6.52. The number of para-hydroxylation sites is 2. The highest BCUT2D eigenvalue weighted by atomic mass is 35.5. The third kappa shape index (κ3) is 4.78. The number of aryl methyl sites for hydroxylation is 4. The second-order valence-corrected chi connectivity index (χ2v) is 9.80. The molecular weight excluding hydrogens is 458 g/mol. The predicted octanol–water partition coefficient (Wildman–Crippen LogP) is 6.60. The molecule has 1 fully saturated rings. The van der Waals surface area contributed by atoms with Crippen LogP contribution < -0.4 is 9.64 Å². The summed E-state index contributed by atoms with van der Waals surface area (Å²) >= 11 is 6.13. The zero-order chi connectivity index (χ0) is 24.5. The number of carbonyl (C=O) groups is 1. The zero-order valence-electron chi connectivity index (χ0n) is 20.4. The van der Waals surface area contributed by atoms with Crippen molar-refractivity contribution in [2.24, 2.45) is 0 Å². The Morgan fingerprint density at radius 2 is 1.83 bits per heavy atom. The number of hydrogen-bond acceptors (Lipinski definition) is 3. The van der Waals surface area contributed by atoms with Gasteiger partial charge in [0.25, 0.3) is 0 Å². The van der Waals surface area contributed by atoms with Gasteiger partial charge in [-0.2, -0.15) is 0 Å². The van der Waals surface area contributed by atoms with Gasteiger partial charge in [-0.25, -0.2) is 4.98 Å². The fourth-order valence-electron chi connectivity index (χ4n) is 4.78. The van der Waals surface area contributed by atoms with E-state index >= 15 is 0 Å². The first kappa shape index (κ1) is 23.4. The van der Waals surface area contributed by atoms with E-state index < -0.39 is 0 Å². The monoisotopic (exact) mass is 487 g/mol. The molecule has 1 unspecified atom stereocenters. The highest BCUT2D eigenvalue weighted by molar-refractivity contribution is 6.31. The van der Waals surface area contributed by atoms with Gasteiger partial charge in [0.05, 0.1) is 17.6 Å². The van der Waals surface area contributed by atoms with Crippen molar-refractivity contribution < 1.29 is 9.53 Å². The molecule has 2 heterocycles. The number of imidazole rings is 1. The summed E-state index contributed by atoms with van der Waals surface area (Å²) in [7, 11) is 0. The maximum Gasteiger partial charge on any atom is 0.227 e. The lowest BCUT2D eigenvalue weighted by Crippen LogP contribution is -2.24. The zero-order valence-corrected chi connectivity index (χ0v) is 21.2. The van der Waals surface area contributed by atoms with E-state index in [-0.39, 0.29) is 11.8 Å². The number of anilines is 1. The van der Waals surface area contributed by atoms with Crippen LogP contribution in [0.2, 0.25) is 5.02 Å². The fourth-order valence-corrected chi connectivity index (χ4v) is 4.90. The summed E-state index contributed by atoms with van der Waals surface area (Å²) in [6.07, 6.45) is 1.30. The van der Waals surface area contributed by atoms with Gasteiger partial charge >= 0.3 is 0 Å². The molecule has 0 N–H and O–H groups in total. The number of hydrogen-bond donors (Lipinski definition) is 0. The molecule has 0 saturated carbocycles.